The van der Waals surface area contributed by atoms with Crippen molar-refractivity contribution >= 4 is 29.0 Å². The molecule has 0 fully saturated rings. The number of hydrogen-bond acceptors (Lipinski definition) is 5. The second-order valence-electron chi connectivity index (χ2n) is 4.56. The maximum atomic E-state index is 6.05. The molecule has 0 atom stereocenters. The fourth-order valence-electron chi connectivity index (χ4n) is 1.71. The average molecular weight is 306 g/mol. The monoisotopic (exact) mass is 305 g/mol. The molecule has 0 aromatic carbocycles. The lowest BCUT2D eigenvalue weighted by atomic mass is 10.2. The maximum Gasteiger partial charge on any atom is 0.201 e. The molecule has 3 rings (SSSR count). The van der Waals surface area contributed by atoms with Gasteiger partial charge in [-0.3, -0.25) is 4.40 Å². The smallest absolute Gasteiger partial charge is 0.201 e. The van der Waals surface area contributed by atoms with E-state index in [0.29, 0.717) is 5.15 Å². The second-order valence-corrected chi connectivity index (χ2v) is 5.93. The maximum absolute atomic E-state index is 6.05. The van der Waals surface area contributed by atoms with Crippen LogP contribution in [0, 0.1) is 0 Å². The molecular formula is C13H12ClN5S. The van der Waals surface area contributed by atoms with Crippen LogP contribution in [0.15, 0.2) is 40.6 Å². The zero-order valence-electron chi connectivity index (χ0n) is 11.0. The van der Waals surface area contributed by atoms with Crippen molar-refractivity contribution in [1.29, 1.82) is 0 Å². The topological polar surface area (TPSA) is 56.0 Å². The lowest BCUT2D eigenvalue weighted by Gasteiger charge is -2.06. The largest absolute Gasteiger partial charge is 0.277 e. The Hall–Kier alpha value is -1.66. The summed E-state index contributed by atoms with van der Waals surface area (Å²) in [5.74, 6) is 0.956. The van der Waals surface area contributed by atoms with Gasteiger partial charge in [0.05, 0.1) is 0 Å². The van der Waals surface area contributed by atoms with Crippen LogP contribution in [-0.4, -0.2) is 24.6 Å². The van der Waals surface area contributed by atoms with Crippen LogP contribution in [0.1, 0.15) is 25.6 Å². The predicted molar refractivity (Wildman–Crippen MR) is 78.2 cm³/mol. The Balaban J connectivity index is 1.98. The Morgan fingerprint density at radius 2 is 2.05 bits per heavy atom. The van der Waals surface area contributed by atoms with Gasteiger partial charge >= 0.3 is 0 Å². The highest BCUT2D eigenvalue weighted by Gasteiger charge is 2.11. The fraction of sp³-hybridized carbons (Fsp3) is 0.231. The van der Waals surface area contributed by atoms with Crippen LogP contribution < -0.4 is 0 Å². The van der Waals surface area contributed by atoms with Crippen LogP contribution in [-0.2, 0) is 0 Å². The van der Waals surface area contributed by atoms with E-state index in [2.05, 4.69) is 20.2 Å². The van der Waals surface area contributed by atoms with Crippen LogP contribution >= 0.6 is 23.4 Å². The SMILES string of the molecule is CC(C)c1nc(Cl)cc(Sc2nnc3ccccn23)n1. The number of fused-ring (bicyclic) bond motifs is 1. The van der Waals surface area contributed by atoms with E-state index in [1.165, 1.54) is 11.8 Å². The Morgan fingerprint density at radius 3 is 2.85 bits per heavy atom. The molecule has 0 spiro atoms. The van der Waals surface area contributed by atoms with Crippen LogP contribution in [0.4, 0.5) is 0 Å². The molecule has 20 heavy (non-hydrogen) atoms. The van der Waals surface area contributed by atoms with Crippen molar-refractivity contribution in [3.8, 4) is 0 Å². The Kier molecular flexibility index (Phi) is 3.58. The zero-order chi connectivity index (χ0) is 14.1. The third-order valence-electron chi connectivity index (χ3n) is 2.68. The summed E-state index contributed by atoms with van der Waals surface area (Å²) in [6.07, 6.45) is 1.92. The highest BCUT2D eigenvalue weighted by molar-refractivity contribution is 7.99. The first-order valence-corrected chi connectivity index (χ1v) is 7.35. The molecule has 0 unspecified atom stereocenters. The van der Waals surface area contributed by atoms with Gasteiger partial charge < -0.3 is 0 Å². The first-order valence-electron chi connectivity index (χ1n) is 6.15. The Labute approximate surface area is 125 Å². The molecule has 3 heterocycles. The van der Waals surface area contributed by atoms with E-state index in [-0.39, 0.29) is 5.92 Å². The van der Waals surface area contributed by atoms with Gasteiger partial charge in [-0.25, -0.2) is 9.97 Å². The van der Waals surface area contributed by atoms with Crippen molar-refractivity contribution in [2.45, 2.75) is 29.9 Å². The molecule has 0 saturated heterocycles. The molecule has 7 heteroatoms. The van der Waals surface area contributed by atoms with E-state index in [4.69, 9.17) is 11.6 Å². The summed E-state index contributed by atoms with van der Waals surface area (Å²) in [6.45, 7) is 4.07. The number of aromatic nitrogens is 5. The molecule has 0 amide bonds. The summed E-state index contributed by atoms with van der Waals surface area (Å²) in [5, 5.41) is 10.2. The number of hydrogen-bond donors (Lipinski definition) is 0. The number of nitrogens with zero attached hydrogens (tertiary/aromatic N) is 5. The molecule has 0 aliphatic heterocycles. The quantitative estimate of drug-likeness (QED) is 0.694. The van der Waals surface area contributed by atoms with Gasteiger partial charge in [-0.15, -0.1) is 10.2 Å². The number of halogens is 1. The third kappa shape index (κ3) is 2.62. The highest BCUT2D eigenvalue weighted by atomic mass is 35.5. The molecule has 0 saturated carbocycles. The van der Waals surface area contributed by atoms with Crippen molar-refractivity contribution in [2.75, 3.05) is 0 Å². The molecule has 0 aliphatic rings. The van der Waals surface area contributed by atoms with Gasteiger partial charge in [0.2, 0.25) is 5.16 Å². The fourth-order valence-corrected chi connectivity index (χ4v) is 2.79. The van der Waals surface area contributed by atoms with Crippen molar-refractivity contribution in [1.82, 2.24) is 24.6 Å². The van der Waals surface area contributed by atoms with Crippen LogP contribution in [0.5, 0.6) is 0 Å². The lowest BCUT2D eigenvalue weighted by molar-refractivity contribution is 0.752. The van der Waals surface area contributed by atoms with E-state index >= 15 is 0 Å². The van der Waals surface area contributed by atoms with E-state index in [1.54, 1.807) is 6.07 Å². The van der Waals surface area contributed by atoms with E-state index < -0.39 is 0 Å². The summed E-state index contributed by atoms with van der Waals surface area (Å²) in [6, 6.07) is 7.51. The minimum Gasteiger partial charge on any atom is -0.277 e. The minimum atomic E-state index is 0.225. The summed E-state index contributed by atoms with van der Waals surface area (Å²) < 4.78 is 1.91. The van der Waals surface area contributed by atoms with Crippen molar-refractivity contribution in [3.05, 3.63) is 41.4 Å². The second kappa shape index (κ2) is 5.38. The highest BCUT2D eigenvalue weighted by Crippen LogP contribution is 2.27. The van der Waals surface area contributed by atoms with Gasteiger partial charge in [0.25, 0.3) is 0 Å². The van der Waals surface area contributed by atoms with E-state index in [9.17, 15) is 0 Å². The first kappa shape index (κ1) is 13.3. The van der Waals surface area contributed by atoms with Gasteiger partial charge in [0, 0.05) is 18.2 Å². The van der Waals surface area contributed by atoms with E-state index in [1.807, 2.05) is 42.6 Å². The van der Waals surface area contributed by atoms with E-state index in [0.717, 1.165) is 21.7 Å². The normalized spacial score (nSPS) is 11.4. The minimum absolute atomic E-state index is 0.225. The Bertz CT molecular complexity index is 755. The summed E-state index contributed by atoms with van der Waals surface area (Å²) in [7, 11) is 0. The van der Waals surface area contributed by atoms with Crippen molar-refractivity contribution in [3.63, 3.8) is 0 Å². The zero-order valence-corrected chi connectivity index (χ0v) is 12.6. The van der Waals surface area contributed by atoms with Gasteiger partial charge in [0.15, 0.2) is 5.65 Å². The average Bonchev–Trinajstić information content (AvgIpc) is 2.82. The predicted octanol–water partition coefficient (Wildman–Crippen LogP) is 3.45. The standard InChI is InChI=1S/C13H12ClN5S/c1-8(2)12-15-9(14)7-11(16-12)20-13-18-17-10-5-3-4-6-19(10)13/h3-8H,1-2H3. The van der Waals surface area contributed by atoms with Gasteiger partial charge in [-0.05, 0) is 23.9 Å². The van der Waals surface area contributed by atoms with Crippen LogP contribution in [0.2, 0.25) is 5.15 Å². The molecule has 0 aliphatic carbocycles. The molecular weight excluding hydrogens is 294 g/mol. The summed E-state index contributed by atoms with van der Waals surface area (Å²) >= 11 is 7.47. The summed E-state index contributed by atoms with van der Waals surface area (Å²) in [4.78, 5) is 8.72. The molecule has 0 N–H and O–H groups in total. The third-order valence-corrected chi connectivity index (χ3v) is 3.76. The van der Waals surface area contributed by atoms with Gasteiger partial charge in [0.1, 0.15) is 16.0 Å². The first-order chi connectivity index (χ1) is 9.63. The lowest BCUT2D eigenvalue weighted by Crippen LogP contribution is -1.99. The molecule has 3 aromatic rings. The number of pyridine rings is 1. The number of rotatable bonds is 3. The van der Waals surface area contributed by atoms with Gasteiger partial charge in [-0.2, -0.15) is 0 Å². The van der Waals surface area contributed by atoms with Crippen molar-refractivity contribution in [2.24, 2.45) is 0 Å². The van der Waals surface area contributed by atoms with Gasteiger partial charge in [-0.1, -0.05) is 31.5 Å². The molecule has 0 radical (unpaired) electrons. The molecule has 102 valence electrons. The summed E-state index contributed by atoms with van der Waals surface area (Å²) in [5.41, 5.74) is 0.805. The molecule has 3 aromatic heterocycles. The molecule has 0 bridgehead atoms. The van der Waals surface area contributed by atoms with Crippen LogP contribution in [0.25, 0.3) is 5.65 Å². The Morgan fingerprint density at radius 1 is 1.20 bits per heavy atom. The van der Waals surface area contributed by atoms with Crippen molar-refractivity contribution < 1.29 is 0 Å². The van der Waals surface area contributed by atoms with Crippen LogP contribution in [0.3, 0.4) is 0 Å². The molecule has 5 nitrogen and oxygen atoms in total.